The maximum absolute atomic E-state index is 12.9. The monoisotopic (exact) mass is 641 g/mol. The van der Waals surface area contributed by atoms with E-state index in [1.807, 2.05) is 28.6 Å². The molecule has 1 amide bonds. The molecule has 4 rings (SSSR count). The minimum absolute atomic E-state index is 0.00501. The van der Waals surface area contributed by atoms with Gasteiger partial charge in [0.25, 0.3) is 5.24 Å². The van der Waals surface area contributed by atoms with Crippen molar-refractivity contribution in [3.63, 3.8) is 0 Å². The van der Waals surface area contributed by atoms with Gasteiger partial charge >= 0.3 is 5.97 Å². The Morgan fingerprint density at radius 3 is 2.69 bits per heavy atom. The van der Waals surface area contributed by atoms with Crippen molar-refractivity contribution in [3.05, 3.63) is 73.9 Å². The van der Waals surface area contributed by atoms with Gasteiger partial charge in [0.1, 0.15) is 10.6 Å². The summed E-state index contributed by atoms with van der Waals surface area (Å²) in [5, 5.41) is 15.3. The first kappa shape index (κ1) is 32.5. The number of carbonyl (C=O) groups excluding carboxylic acids is 1. The summed E-state index contributed by atoms with van der Waals surface area (Å²) < 4.78 is 6.98. The molecular weight excluding hydrogens is 603 g/mol. The van der Waals surface area contributed by atoms with Gasteiger partial charge in [-0.25, -0.2) is 14.8 Å². The fourth-order valence-electron chi connectivity index (χ4n) is 4.40. The summed E-state index contributed by atoms with van der Waals surface area (Å²) in [4.78, 5) is 29.8. The van der Waals surface area contributed by atoms with Crippen LogP contribution in [-0.4, -0.2) is 71.1 Å². The topological polar surface area (TPSA) is 83.0 Å². The average molecular weight is 642 g/mol. The number of aromatic nitrogens is 1. The molecule has 0 saturated carbocycles. The molecule has 0 aliphatic carbocycles. The van der Waals surface area contributed by atoms with Crippen LogP contribution in [0.25, 0.3) is 0 Å². The van der Waals surface area contributed by atoms with E-state index < -0.39 is 14.3 Å². The Kier molecular flexibility index (Phi) is 11.1. The van der Waals surface area contributed by atoms with E-state index in [2.05, 4.69) is 67.8 Å². The van der Waals surface area contributed by atoms with Crippen LogP contribution in [0.1, 0.15) is 58.6 Å². The number of thiazole rings is 1. The van der Waals surface area contributed by atoms with Gasteiger partial charge in [0.2, 0.25) is 0 Å². The molecule has 42 heavy (non-hydrogen) atoms. The van der Waals surface area contributed by atoms with Crippen molar-refractivity contribution in [2.75, 3.05) is 25.4 Å². The van der Waals surface area contributed by atoms with Gasteiger partial charge in [-0.1, -0.05) is 50.6 Å². The van der Waals surface area contributed by atoms with Crippen molar-refractivity contribution in [2.24, 2.45) is 0 Å². The molecule has 2 aromatic heterocycles. The van der Waals surface area contributed by atoms with E-state index in [1.165, 1.54) is 40.0 Å². The summed E-state index contributed by atoms with van der Waals surface area (Å²) >= 11 is 4.15. The lowest BCUT2D eigenvalue weighted by Crippen LogP contribution is -2.51. The van der Waals surface area contributed by atoms with Crippen LogP contribution in [0.5, 0.6) is 0 Å². The molecule has 224 valence electrons. The quantitative estimate of drug-likeness (QED) is 0.174. The number of thiophene rings is 1. The second-order valence-corrected chi connectivity index (χ2v) is 19.5. The summed E-state index contributed by atoms with van der Waals surface area (Å²) in [6.45, 7) is 13.4. The molecule has 1 atom stereocenters. The minimum Gasteiger partial charge on any atom is -0.477 e. The smallest absolute Gasteiger partial charge is 0.345 e. The lowest BCUT2D eigenvalue weighted by atomic mass is 10.0. The first-order valence-corrected chi connectivity index (χ1v) is 19.7. The molecule has 1 aliphatic heterocycles. The molecule has 0 bridgehead atoms. The average Bonchev–Trinajstić information content (AvgIpc) is 3.62. The van der Waals surface area contributed by atoms with Crippen molar-refractivity contribution < 1.29 is 19.1 Å². The predicted molar refractivity (Wildman–Crippen MR) is 176 cm³/mol. The fourth-order valence-corrected chi connectivity index (χ4v) is 7.94. The number of carboxylic acid groups (broad SMARTS) is 1. The Morgan fingerprint density at radius 1 is 1.19 bits per heavy atom. The summed E-state index contributed by atoms with van der Waals surface area (Å²) in [7, 11) is -2.06. The Morgan fingerprint density at radius 2 is 2.00 bits per heavy atom. The molecule has 1 fully saturated rings. The Hall–Kier alpha value is -2.46. The van der Waals surface area contributed by atoms with Crippen molar-refractivity contribution in [1.29, 1.82) is 0 Å². The number of hydrogen-bond donors (Lipinski definition) is 1. The first-order valence-electron chi connectivity index (χ1n) is 14.1. The Labute approximate surface area is 262 Å². The van der Waals surface area contributed by atoms with E-state index in [0.29, 0.717) is 24.4 Å². The second kappa shape index (κ2) is 14.3. The SMILES string of the molecule is CC(C)(C)[Si](C)(C)OC(CCN1CCSC(=O)N1CCc1ccc(C(=O)O)s1)Cc1cccc(C#Cc2cscn2)c1. The number of nitrogens with zero attached hydrogens (tertiary/aromatic N) is 3. The molecule has 1 unspecified atom stereocenters. The molecule has 1 aliphatic rings. The van der Waals surface area contributed by atoms with Crippen molar-refractivity contribution in [3.8, 4) is 11.8 Å². The van der Waals surface area contributed by atoms with E-state index in [0.717, 1.165) is 41.3 Å². The van der Waals surface area contributed by atoms with Crippen molar-refractivity contribution in [2.45, 2.75) is 64.3 Å². The highest BCUT2D eigenvalue weighted by molar-refractivity contribution is 8.13. The van der Waals surface area contributed by atoms with Crippen LogP contribution in [0.2, 0.25) is 18.1 Å². The van der Waals surface area contributed by atoms with Gasteiger partial charge in [0.15, 0.2) is 8.32 Å². The van der Waals surface area contributed by atoms with Gasteiger partial charge in [0.05, 0.1) is 11.6 Å². The molecule has 1 aromatic carbocycles. The molecule has 0 spiro atoms. The summed E-state index contributed by atoms with van der Waals surface area (Å²) in [6, 6.07) is 11.8. The zero-order valence-corrected chi connectivity index (χ0v) is 28.3. The molecule has 11 heteroatoms. The van der Waals surface area contributed by atoms with E-state index in [4.69, 9.17) is 4.43 Å². The molecule has 0 radical (unpaired) electrons. The fraction of sp³-hybridized carbons (Fsp3) is 0.452. The van der Waals surface area contributed by atoms with E-state index in [9.17, 15) is 14.7 Å². The maximum Gasteiger partial charge on any atom is 0.345 e. The maximum atomic E-state index is 12.9. The van der Waals surface area contributed by atoms with E-state index in [1.54, 1.807) is 11.6 Å². The highest BCUT2D eigenvalue weighted by Crippen LogP contribution is 2.38. The van der Waals surface area contributed by atoms with Crippen LogP contribution in [0.3, 0.4) is 0 Å². The van der Waals surface area contributed by atoms with Crippen LogP contribution in [0.15, 0.2) is 47.3 Å². The first-order chi connectivity index (χ1) is 19.9. The minimum atomic E-state index is -2.06. The van der Waals surface area contributed by atoms with Crippen LogP contribution in [0.4, 0.5) is 4.79 Å². The zero-order chi connectivity index (χ0) is 30.3. The number of benzene rings is 1. The molecule has 7 nitrogen and oxygen atoms in total. The van der Waals surface area contributed by atoms with Gasteiger partial charge < -0.3 is 9.53 Å². The number of amides is 1. The van der Waals surface area contributed by atoms with Gasteiger partial charge in [-0.3, -0.25) is 9.80 Å². The molecular formula is C31H39N3O4S3Si. The standard InChI is InChI=1S/C31H39N3O4S3Si/c1-31(2,3)42(4,5)38-26(20-24-8-6-7-23(19-24)9-10-25-21-39-22-32-25)13-15-33-17-18-40-30(37)34(33)16-14-27-11-12-28(41-27)29(35)36/h6-8,11-12,19,21-22,26H,13-18,20H2,1-5H3,(H,35,36). The van der Waals surface area contributed by atoms with Gasteiger partial charge in [-0.05, 0) is 66.7 Å². The highest BCUT2D eigenvalue weighted by atomic mass is 32.2. The van der Waals surface area contributed by atoms with Crippen molar-refractivity contribution in [1.82, 2.24) is 15.0 Å². The van der Waals surface area contributed by atoms with E-state index >= 15 is 0 Å². The zero-order valence-electron chi connectivity index (χ0n) is 24.9. The summed E-state index contributed by atoms with van der Waals surface area (Å²) in [5.74, 6) is 6.22. The number of hydrogen-bond acceptors (Lipinski definition) is 8. The van der Waals surface area contributed by atoms with E-state index in [-0.39, 0.29) is 16.4 Å². The number of carboxylic acids is 1. The van der Waals surface area contributed by atoms with Crippen LogP contribution in [0, 0.1) is 11.8 Å². The number of aromatic carboxylic acids is 1. The van der Waals surface area contributed by atoms with Crippen molar-refractivity contribution >= 4 is 54.0 Å². The Bertz CT molecular complexity index is 1420. The number of thioether (sulfide) groups is 1. The third-order valence-corrected chi connectivity index (χ3v) is 14.8. The molecule has 3 heterocycles. The lowest BCUT2D eigenvalue weighted by Gasteiger charge is -2.41. The predicted octanol–water partition coefficient (Wildman–Crippen LogP) is 7.25. The second-order valence-electron chi connectivity index (χ2n) is 11.8. The number of hydrazine groups is 1. The largest absolute Gasteiger partial charge is 0.477 e. The molecule has 1 saturated heterocycles. The summed E-state index contributed by atoms with van der Waals surface area (Å²) in [6.07, 6.45) is 2.18. The molecule has 3 aromatic rings. The van der Waals surface area contributed by atoms with Crippen LogP contribution >= 0.6 is 34.4 Å². The lowest BCUT2D eigenvalue weighted by molar-refractivity contribution is 0.0161. The van der Waals surface area contributed by atoms with Gasteiger partial charge in [-0.15, -0.1) is 22.7 Å². The van der Waals surface area contributed by atoms with Gasteiger partial charge in [0, 0.05) is 47.6 Å². The Balaban J connectivity index is 1.47. The number of rotatable bonds is 11. The summed E-state index contributed by atoms with van der Waals surface area (Å²) in [5.41, 5.74) is 4.70. The highest BCUT2D eigenvalue weighted by Gasteiger charge is 2.39. The third kappa shape index (κ3) is 9.02. The molecule has 1 N–H and O–H groups in total. The number of carbonyl (C=O) groups is 2. The third-order valence-electron chi connectivity index (χ3n) is 7.70. The normalized spacial score (nSPS) is 15.4. The van der Waals surface area contributed by atoms with Gasteiger partial charge in [-0.2, -0.15) is 0 Å². The van der Waals surface area contributed by atoms with Crippen LogP contribution < -0.4 is 0 Å². The van der Waals surface area contributed by atoms with Crippen LogP contribution in [-0.2, 0) is 17.3 Å².